The number of hydrogen-bond donors (Lipinski definition) is 1. The zero-order valence-electron chi connectivity index (χ0n) is 13.0. The first kappa shape index (κ1) is 15.0. The van der Waals surface area contributed by atoms with Crippen molar-refractivity contribution < 1.29 is 4.74 Å². The second kappa shape index (κ2) is 5.56. The summed E-state index contributed by atoms with van der Waals surface area (Å²) in [5, 5.41) is 3.30. The van der Waals surface area contributed by atoms with Gasteiger partial charge in [0.1, 0.15) is 0 Å². The first-order valence-electron chi connectivity index (χ1n) is 7.33. The quantitative estimate of drug-likeness (QED) is 0.899. The number of nitrogens with one attached hydrogen (secondary N) is 1. The van der Waals surface area contributed by atoms with E-state index >= 15 is 0 Å². The number of hydrogen-bond acceptors (Lipinski definition) is 4. The van der Waals surface area contributed by atoms with Crippen molar-refractivity contribution in [1.29, 1.82) is 0 Å². The van der Waals surface area contributed by atoms with Crippen LogP contribution in [0.4, 0.5) is 5.82 Å². The summed E-state index contributed by atoms with van der Waals surface area (Å²) in [5.41, 5.74) is -0.0408. The molecular weight excluding hydrogens is 254 g/mol. The number of ether oxygens (including phenoxy) is 1. The molecule has 0 bridgehead atoms. The molecule has 0 aromatic carbocycles. The topological polar surface area (TPSA) is 56.1 Å². The van der Waals surface area contributed by atoms with Crippen molar-refractivity contribution in [1.82, 2.24) is 9.55 Å². The van der Waals surface area contributed by atoms with E-state index in [1.165, 1.54) is 0 Å². The summed E-state index contributed by atoms with van der Waals surface area (Å²) < 4.78 is 7.40. The smallest absolute Gasteiger partial charge is 0.293 e. The second-order valence-electron chi connectivity index (χ2n) is 6.28. The van der Waals surface area contributed by atoms with Gasteiger partial charge in [-0.1, -0.05) is 13.8 Å². The molecular formula is C15H25N3O2. The van der Waals surface area contributed by atoms with Crippen LogP contribution >= 0.6 is 0 Å². The maximum absolute atomic E-state index is 12.3. The van der Waals surface area contributed by atoms with Gasteiger partial charge in [-0.3, -0.25) is 4.79 Å². The van der Waals surface area contributed by atoms with Gasteiger partial charge in [-0.2, -0.15) is 0 Å². The molecule has 0 spiro atoms. The van der Waals surface area contributed by atoms with Gasteiger partial charge < -0.3 is 14.6 Å². The molecule has 1 aromatic heterocycles. The average molecular weight is 279 g/mol. The van der Waals surface area contributed by atoms with Crippen LogP contribution in [0.5, 0.6) is 0 Å². The van der Waals surface area contributed by atoms with E-state index in [-0.39, 0.29) is 29.2 Å². The van der Waals surface area contributed by atoms with Crippen LogP contribution < -0.4 is 10.9 Å². The summed E-state index contributed by atoms with van der Waals surface area (Å²) in [5.74, 6) is 0.439. The standard InChI is InChI=1S/C15H25N3O2/c1-6-20-12-9-11(15(12,4)5)17-13-14(19)18(10(2)3)8-7-16-13/h7-8,10-12H,6,9H2,1-5H3,(H,16,17). The van der Waals surface area contributed by atoms with Crippen LogP contribution in [0.3, 0.4) is 0 Å². The van der Waals surface area contributed by atoms with Gasteiger partial charge in [0.2, 0.25) is 0 Å². The molecule has 1 aromatic rings. The molecule has 20 heavy (non-hydrogen) atoms. The fourth-order valence-corrected chi connectivity index (χ4v) is 2.71. The van der Waals surface area contributed by atoms with Gasteiger partial charge in [-0.25, -0.2) is 4.98 Å². The molecule has 2 atom stereocenters. The summed E-state index contributed by atoms with van der Waals surface area (Å²) in [7, 11) is 0. The van der Waals surface area contributed by atoms with Crippen molar-refractivity contribution >= 4 is 5.82 Å². The lowest BCUT2D eigenvalue weighted by Gasteiger charge is -2.51. The maximum Gasteiger partial charge on any atom is 0.293 e. The third-order valence-electron chi connectivity index (χ3n) is 4.28. The summed E-state index contributed by atoms with van der Waals surface area (Å²) in [6, 6.07) is 0.360. The lowest BCUT2D eigenvalue weighted by Crippen LogP contribution is -2.58. The van der Waals surface area contributed by atoms with Crippen molar-refractivity contribution in [2.24, 2.45) is 5.41 Å². The minimum absolute atomic E-state index is 0.0165. The molecule has 1 heterocycles. The van der Waals surface area contributed by atoms with E-state index in [9.17, 15) is 4.79 Å². The number of aromatic nitrogens is 2. The highest BCUT2D eigenvalue weighted by atomic mass is 16.5. The minimum atomic E-state index is -0.0573. The zero-order valence-corrected chi connectivity index (χ0v) is 13.0. The van der Waals surface area contributed by atoms with E-state index in [4.69, 9.17) is 4.74 Å². The summed E-state index contributed by atoms with van der Waals surface area (Å²) in [6.45, 7) is 11.0. The summed E-state index contributed by atoms with van der Waals surface area (Å²) >= 11 is 0. The highest BCUT2D eigenvalue weighted by Gasteiger charge is 2.49. The predicted octanol–water partition coefficient (Wildman–Crippen LogP) is 2.44. The molecule has 112 valence electrons. The van der Waals surface area contributed by atoms with Gasteiger partial charge in [-0.05, 0) is 27.2 Å². The Bertz CT molecular complexity index is 522. The highest BCUT2D eigenvalue weighted by Crippen LogP contribution is 2.43. The molecule has 0 saturated heterocycles. The maximum atomic E-state index is 12.3. The Morgan fingerprint density at radius 1 is 1.55 bits per heavy atom. The number of anilines is 1. The Kier molecular flexibility index (Phi) is 4.18. The normalized spacial score (nSPS) is 24.5. The van der Waals surface area contributed by atoms with Crippen LogP contribution in [0, 0.1) is 5.41 Å². The molecule has 5 heteroatoms. The van der Waals surface area contributed by atoms with E-state index in [1.807, 2.05) is 20.8 Å². The molecule has 1 saturated carbocycles. The van der Waals surface area contributed by atoms with Crippen LogP contribution in [-0.2, 0) is 4.74 Å². The zero-order chi connectivity index (χ0) is 14.9. The van der Waals surface area contributed by atoms with Gasteiger partial charge in [0.25, 0.3) is 5.56 Å². The van der Waals surface area contributed by atoms with E-state index in [0.717, 1.165) is 13.0 Å². The fourth-order valence-electron chi connectivity index (χ4n) is 2.71. The third-order valence-corrected chi connectivity index (χ3v) is 4.28. The van der Waals surface area contributed by atoms with E-state index in [2.05, 4.69) is 24.1 Å². The second-order valence-corrected chi connectivity index (χ2v) is 6.28. The van der Waals surface area contributed by atoms with Crippen LogP contribution in [0.15, 0.2) is 17.2 Å². The minimum Gasteiger partial charge on any atom is -0.378 e. The van der Waals surface area contributed by atoms with Gasteiger partial charge in [0, 0.05) is 36.5 Å². The van der Waals surface area contributed by atoms with Crippen LogP contribution in [0.2, 0.25) is 0 Å². The average Bonchev–Trinajstić information content (AvgIpc) is 2.39. The van der Waals surface area contributed by atoms with Crippen LogP contribution in [-0.4, -0.2) is 28.3 Å². The van der Waals surface area contributed by atoms with Crippen molar-refractivity contribution in [3.05, 3.63) is 22.7 Å². The molecule has 2 rings (SSSR count). The lowest BCUT2D eigenvalue weighted by molar-refractivity contribution is -0.0977. The molecule has 0 radical (unpaired) electrons. The molecule has 1 fully saturated rings. The van der Waals surface area contributed by atoms with E-state index < -0.39 is 0 Å². The monoisotopic (exact) mass is 279 g/mol. The predicted molar refractivity (Wildman–Crippen MR) is 80.1 cm³/mol. The van der Waals surface area contributed by atoms with Crippen molar-refractivity contribution in [2.45, 2.75) is 59.2 Å². The van der Waals surface area contributed by atoms with Gasteiger partial charge in [-0.15, -0.1) is 0 Å². The molecule has 2 unspecified atom stereocenters. The summed E-state index contributed by atoms with van der Waals surface area (Å²) in [6.07, 6.45) is 4.57. The Morgan fingerprint density at radius 2 is 2.25 bits per heavy atom. The summed E-state index contributed by atoms with van der Waals surface area (Å²) in [4.78, 5) is 16.5. The van der Waals surface area contributed by atoms with E-state index in [0.29, 0.717) is 5.82 Å². The lowest BCUT2D eigenvalue weighted by atomic mass is 9.64. The Hall–Kier alpha value is -1.36. The third kappa shape index (κ3) is 2.59. The molecule has 1 aliphatic rings. The van der Waals surface area contributed by atoms with Crippen LogP contribution in [0.25, 0.3) is 0 Å². The Labute approximate surface area is 120 Å². The Morgan fingerprint density at radius 3 is 2.80 bits per heavy atom. The Balaban J connectivity index is 2.13. The van der Waals surface area contributed by atoms with Crippen molar-refractivity contribution in [2.75, 3.05) is 11.9 Å². The van der Waals surface area contributed by atoms with Gasteiger partial charge >= 0.3 is 0 Å². The van der Waals surface area contributed by atoms with Crippen molar-refractivity contribution in [3.63, 3.8) is 0 Å². The molecule has 5 nitrogen and oxygen atoms in total. The first-order chi connectivity index (χ1) is 9.37. The van der Waals surface area contributed by atoms with Gasteiger partial charge in [0.15, 0.2) is 5.82 Å². The van der Waals surface area contributed by atoms with Crippen molar-refractivity contribution in [3.8, 4) is 0 Å². The highest BCUT2D eigenvalue weighted by molar-refractivity contribution is 5.35. The SMILES string of the molecule is CCOC1CC(Nc2nccn(C(C)C)c2=O)C1(C)C. The molecule has 0 amide bonds. The van der Waals surface area contributed by atoms with Crippen LogP contribution in [0.1, 0.15) is 47.1 Å². The molecule has 0 aliphatic heterocycles. The largest absolute Gasteiger partial charge is 0.378 e. The molecule has 1 N–H and O–H groups in total. The van der Waals surface area contributed by atoms with E-state index in [1.54, 1.807) is 17.0 Å². The number of nitrogens with zero attached hydrogens (tertiary/aromatic N) is 2. The fraction of sp³-hybridized carbons (Fsp3) is 0.733. The van der Waals surface area contributed by atoms with Gasteiger partial charge in [0.05, 0.1) is 6.10 Å². The molecule has 1 aliphatic carbocycles. The first-order valence-corrected chi connectivity index (χ1v) is 7.33. The number of rotatable bonds is 5.